The van der Waals surface area contributed by atoms with Gasteiger partial charge in [0.15, 0.2) is 0 Å². The highest BCUT2D eigenvalue weighted by Gasteiger charge is 2.78. The van der Waals surface area contributed by atoms with E-state index in [1.807, 2.05) is 33.8 Å². The number of unbranched alkanes of at least 4 members (excludes halogenated alkanes) is 3. The Morgan fingerprint density at radius 2 is 1.92 bits per heavy atom. The van der Waals surface area contributed by atoms with E-state index in [9.17, 15) is 19.5 Å². The lowest BCUT2D eigenvalue weighted by Gasteiger charge is -2.42. The Morgan fingerprint density at radius 3 is 2.53 bits per heavy atom. The van der Waals surface area contributed by atoms with Crippen molar-refractivity contribution in [1.82, 2.24) is 9.80 Å². The first kappa shape index (κ1) is 28.4. The second-order valence-corrected chi connectivity index (χ2v) is 11.6. The lowest BCUT2D eigenvalue weighted by atomic mass is 9.66. The summed E-state index contributed by atoms with van der Waals surface area (Å²) < 4.78 is 12.3. The molecule has 202 valence electrons. The van der Waals surface area contributed by atoms with Crippen LogP contribution in [0.1, 0.15) is 72.6 Å². The topological polar surface area (TPSA) is 96.4 Å². The number of amides is 2. The molecule has 3 aliphatic heterocycles. The van der Waals surface area contributed by atoms with E-state index in [0.717, 1.165) is 19.3 Å². The van der Waals surface area contributed by atoms with Crippen molar-refractivity contribution in [1.29, 1.82) is 0 Å². The third-order valence-electron chi connectivity index (χ3n) is 8.01. The van der Waals surface area contributed by atoms with E-state index in [-0.39, 0.29) is 25.0 Å². The zero-order chi connectivity index (χ0) is 26.7. The van der Waals surface area contributed by atoms with Gasteiger partial charge in [-0.1, -0.05) is 12.2 Å². The summed E-state index contributed by atoms with van der Waals surface area (Å²) in [5.41, 5.74) is -2.41. The number of hydrogen-bond acceptors (Lipinski definition) is 6. The number of fused-ring (bicyclic) bond motifs is 1. The maximum Gasteiger partial charge on any atom is 0.312 e. The number of esters is 1. The lowest BCUT2D eigenvalue weighted by molar-refractivity contribution is -0.161. The summed E-state index contributed by atoms with van der Waals surface area (Å²) in [7, 11) is 0. The van der Waals surface area contributed by atoms with Crippen molar-refractivity contribution in [2.75, 3.05) is 26.3 Å². The first-order valence-electron chi connectivity index (χ1n) is 13.3. The number of carbonyl (C=O) groups is 3. The van der Waals surface area contributed by atoms with Crippen LogP contribution < -0.4 is 0 Å². The summed E-state index contributed by atoms with van der Waals surface area (Å²) >= 11 is 0. The monoisotopic (exact) mass is 504 g/mol. The van der Waals surface area contributed by atoms with Crippen LogP contribution in [-0.2, 0) is 23.9 Å². The molecule has 0 saturated carbocycles. The Morgan fingerprint density at radius 1 is 1.19 bits per heavy atom. The Bertz CT molecular complexity index is 867. The summed E-state index contributed by atoms with van der Waals surface area (Å²) in [5.74, 6) is -2.34. The molecule has 3 saturated heterocycles. The molecule has 3 heterocycles. The minimum atomic E-state index is -1.07. The highest BCUT2D eigenvalue weighted by atomic mass is 16.6. The average Bonchev–Trinajstić information content (AvgIpc) is 3.37. The molecular formula is C28H44N2O6. The molecule has 2 unspecified atom stereocenters. The van der Waals surface area contributed by atoms with Gasteiger partial charge in [0, 0.05) is 25.2 Å². The number of hydrogen-bond donors (Lipinski definition) is 1. The highest BCUT2D eigenvalue weighted by molar-refractivity contribution is 5.98. The minimum absolute atomic E-state index is 0.00910. The molecule has 1 spiro atoms. The second kappa shape index (κ2) is 11.1. The van der Waals surface area contributed by atoms with Crippen LogP contribution in [0.5, 0.6) is 0 Å². The summed E-state index contributed by atoms with van der Waals surface area (Å²) in [6.07, 6.45) is 8.17. The zero-order valence-corrected chi connectivity index (χ0v) is 22.5. The molecule has 5 atom stereocenters. The Hall–Kier alpha value is -2.19. The molecule has 8 heteroatoms. The van der Waals surface area contributed by atoms with Gasteiger partial charge < -0.3 is 24.4 Å². The predicted octanol–water partition coefficient (Wildman–Crippen LogP) is 3.24. The number of carbonyl (C=O) groups excluding carboxylic acids is 3. The van der Waals surface area contributed by atoms with Gasteiger partial charge in [-0.15, -0.1) is 13.2 Å². The van der Waals surface area contributed by atoms with Crippen LogP contribution in [0.4, 0.5) is 0 Å². The zero-order valence-electron chi connectivity index (χ0n) is 22.5. The van der Waals surface area contributed by atoms with Gasteiger partial charge in [-0.25, -0.2) is 0 Å². The molecular weight excluding hydrogens is 460 g/mol. The van der Waals surface area contributed by atoms with Crippen molar-refractivity contribution >= 4 is 17.8 Å². The summed E-state index contributed by atoms with van der Waals surface area (Å²) in [4.78, 5) is 44.8. The van der Waals surface area contributed by atoms with Crippen LogP contribution in [0, 0.1) is 11.8 Å². The third kappa shape index (κ3) is 4.99. The fourth-order valence-electron chi connectivity index (χ4n) is 6.32. The first-order chi connectivity index (χ1) is 17.0. The molecule has 0 aromatic heterocycles. The molecule has 0 aliphatic carbocycles. The van der Waals surface area contributed by atoms with Crippen LogP contribution in [0.25, 0.3) is 0 Å². The largest absolute Gasteiger partial charge is 0.465 e. The Balaban J connectivity index is 1.95. The lowest BCUT2D eigenvalue weighted by Crippen LogP contribution is -2.60. The third-order valence-corrected chi connectivity index (χ3v) is 8.01. The van der Waals surface area contributed by atoms with E-state index in [0.29, 0.717) is 38.8 Å². The molecule has 36 heavy (non-hydrogen) atoms. The van der Waals surface area contributed by atoms with E-state index in [1.54, 1.807) is 15.9 Å². The van der Waals surface area contributed by atoms with Crippen molar-refractivity contribution in [3.05, 3.63) is 25.3 Å². The van der Waals surface area contributed by atoms with Crippen LogP contribution in [-0.4, -0.2) is 81.8 Å². The average molecular weight is 505 g/mol. The summed E-state index contributed by atoms with van der Waals surface area (Å²) in [6, 6.07) is -0.833. The SMILES string of the molecule is C=CCCCCOC(=O)[C@H]1[C@H]2C(=O)N(CCCCO)C(C(=O)N(CC=C)C(C)(C)C)C23CC[C@]1(C)O3. The van der Waals surface area contributed by atoms with Gasteiger partial charge in [0.05, 0.1) is 18.1 Å². The standard InChI is InChI=1S/C28H44N2O6/c1-7-9-10-13-19-35-25(34)21-20-23(32)29(17-11-12-18-31)22(28(20)15-14-27(21,6)36-28)24(33)30(16-8-2)26(3,4)5/h7-8,20-22,31H,1-2,9-19H2,3-6H3/t20-,21+,22?,27-,28?/m0/s1. The van der Waals surface area contributed by atoms with Crippen molar-refractivity contribution in [2.45, 2.75) is 95.4 Å². The fourth-order valence-corrected chi connectivity index (χ4v) is 6.32. The van der Waals surface area contributed by atoms with Gasteiger partial charge in [-0.05, 0) is 72.6 Å². The van der Waals surface area contributed by atoms with Crippen LogP contribution >= 0.6 is 0 Å². The Kier molecular flexibility index (Phi) is 8.71. The number of nitrogens with zero attached hydrogens (tertiary/aromatic N) is 2. The second-order valence-electron chi connectivity index (χ2n) is 11.6. The number of aliphatic hydroxyl groups excluding tert-OH is 1. The van der Waals surface area contributed by atoms with Gasteiger partial charge in [0.2, 0.25) is 11.8 Å². The van der Waals surface area contributed by atoms with Gasteiger partial charge in [0.25, 0.3) is 0 Å². The minimum Gasteiger partial charge on any atom is -0.465 e. The van der Waals surface area contributed by atoms with Crippen molar-refractivity contribution in [3.63, 3.8) is 0 Å². The normalized spacial score (nSPS) is 30.9. The van der Waals surface area contributed by atoms with Crippen molar-refractivity contribution in [2.24, 2.45) is 11.8 Å². The Labute approximate surface area is 215 Å². The number of rotatable bonds is 13. The van der Waals surface area contributed by atoms with Crippen molar-refractivity contribution < 1.29 is 29.0 Å². The molecule has 0 aromatic rings. The molecule has 1 N–H and O–H groups in total. The van der Waals surface area contributed by atoms with E-state index >= 15 is 0 Å². The van der Waals surface area contributed by atoms with Gasteiger partial charge >= 0.3 is 5.97 Å². The molecule has 0 aromatic carbocycles. The van der Waals surface area contributed by atoms with Crippen LogP contribution in [0.15, 0.2) is 25.3 Å². The van der Waals surface area contributed by atoms with E-state index in [4.69, 9.17) is 9.47 Å². The summed E-state index contributed by atoms with van der Waals surface area (Å²) in [5, 5.41) is 9.32. The molecule has 3 aliphatic rings. The van der Waals surface area contributed by atoms with Crippen molar-refractivity contribution in [3.8, 4) is 0 Å². The predicted molar refractivity (Wildman–Crippen MR) is 137 cm³/mol. The molecule has 8 nitrogen and oxygen atoms in total. The quantitative estimate of drug-likeness (QED) is 0.235. The number of aliphatic hydroxyl groups is 1. The number of likely N-dealkylation sites (tertiary alicyclic amines) is 1. The maximum absolute atomic E-state index is 14.2. The van der Waals surface area contributed by atoms with E-state index in [2.05, 4.69) is 13.2 Å². The van der Waals surface area contributed by atoms with Gasteiger partial charge in [-0.2, -0.15) is 0 Å². The molecule has 3 rings (SSSR count). The highest BCUT2D eigenvalue weighted by Crippen LogP contribution is 2.63. The number of ether oxygens (including phenoxy) is 2. The van der Waals surface area contributed by atoms with Gasteiger partial charge in [-0.3, -0.25) is 14.4 Å². The molecule has 2 bridgehead atoms. The van der Waals surface area contributed by atoms with Gasteiger partial charge in [0.1, 0.15) is 17.6 Å². The maximum atomic E-state index is 14.2. The molecule has 3 fully saturated rings. The van der Waals surface area contributed by atoms with E-state index < -0.39 is 40.6 Å². The fraction of sp³-hybridized carbons (Fsp3) is 0.750. The molecule has 0 radical (unpaired) electrons. The smallest absolute Gasteiger partial charge is 0.312 e. The van der Waals surface area contributed by atoms with Crippen LogP contribution in [0.2, 0.25) is 0 Å². The summed E-state index contributed by atoms with van der Waals surface area (Å²) in [6.45, 7) is 16.2. The van der Waals surface area contributed by atoms with Crippen LogP contribution in [0.3, 0.4) is 0 Å². The first-order valence-corrected chi connectivity index (χ1v) is 13.3. The van der Waals surface area contributed by atoms with E-state index in [1.165, 1.54) is 0 Å². The molecule has 2 amide bonds. The number of allylic oxidation sites excluding steroid dienone is 1.